The quantitative estimate of drug-likeness (QED) is 0.694. The first-order valence-electron chi connectivity index (χ1n) is 9.25. The van der Waals surface area contributed by atoms with Gasteiger partial charge in [-0.2, -0.15) is 10.2 Å². The smallest absolute Gasteiger partial charge is 0.130 e. The fraction of sp³-hybridized carbons (Fsp3) is 0.286. The van der Waals surface area contributed by atoms with Crippen LogP contribution in [0.1, 0.15) is 36.6 Å². The minimum atomic E-state index is 0.998. The van der Waals surface area contributed by atoms with Crippen molar-refractivity contribution < 1.29 is 0 Å². The molecule has 6 nitrogen and oxygen atoms in total. The zero-order valence-electron chi connectivity index (χ0n) is 15.8. The standard InChI is InChI=1S/C21H24N6/c1-4-17-13-24-27(20(17)11-16(2)18-14-23-25(3)15-18)19-7-8-22-21(12-19)26-9-5-6-10-26/h4,7-8,11-15H,1,5-6,9-10H2,2-3H3/b16-11+. The minimum absolute atomic E-state index is 0.998. The Morgan fingerprint density at radius 2 is 2.00 bits per heavy atom. The summed E-state index contributed by atoms with van der Waals surface area (Å²) in [5.41, 5.74) is 5.22. The molecule has 4 rings (SSSR count). The summed E-state index contributed by atoms with van der Waals surface area (Å²) in [6.45, 7) is 8.17. The lowest BCUT2D eigenvalue weighted by Gasteiger charge is -2.17. The van der Waals surface area contributed by atoms with Crippen LogP contribution in [0.2, 0.25) is 0 Å². The second-order valence-corrected chi connectivity index (χ2v) is 6.90. The van der Waals surface area contributed by atoms with Crippen molar-refractivity contribution in [2.75, 3.05) is 18.0 Å². The minimum Gasteiger partial charge on any atom is -0.357 e. The van der Waals surface area contributed by atoms with Gasteiger partial charge in [0.05, 0.1) is 23.8 Å². The van der Waals surface area contributed by atoms with Gasteiger partial charge < -0.3 is 4.90 Å². The molecule has 1 aliphatic rings. The molecular weight excluding hydrogens is 336 g/mol. The zero-order chi connectivity index (χ0) is 18.8. The first kappa shape index (κ1) is 17.3. The molecule has 0 aliphatic carbocycles. The van der Waals surface area contributed by atoms with Crippen LogP contribution in [0.25, 0.3) is 23.4 Å². The molecule has 0 atom stereocenters. The molecule has 0 aromatic carbocycles. The zero-order valence-corrected chi connectivity index (χ0v) is 15.8. The van der Waals surface area contributed by atoms with Crippen LogP contribution in [-0.2, 0) is 7.05 Å². The summed E-state index contributed by atoms with van der Waals surface area (Å²) >= 11 is 0. The fourth-order valence-corrected chi connectivity index (χ4v) is 3.45. The van der Waals surface area contributed by atoms with Crippen LogP contribution in [-0.4, -0.2) is 37.6 Å². The first-order chi connectivity index (χ1) is 13.2. The van der Waals surface area contributed by atoms with E-state index in [4.69, 9.17) is 0 Å². The van der Waals surface area contributed by atoms with Crippen LogP contribution in [0, 0.1) is 0 Å². The number of aromatic nitrogens is 5. The van der Waals surface area contributed by atoms with Crippen molar-refractivity contribution in [3.8, 4) is 5.69 Å². The summed E-state index contributed by atoms with van der Waals surface area (Å²) in [6.07, 6.45) is 14.0. The van der Waals surface area contributed by atoms with Gasteiger partial charge in [-0.25, -0.2) is 9.67 Å². The van der Waals surface area contributed by atoms with Crippen molar-refractivity contribution in [3.05, 3.63) is 60.3 Å². The summed E-state index contributed by atoms with van der Waals surface area (Å²) in [5, 5.41) is 8.88. The van der Waals surface area contributed by atoms with E-state index in [1.165, 1.54) is 12.8 Å². The summed E-state index contributed by atoms with van der Waals surface area (Å²) in [5.74, 6) is 1.01. The predicted molar refractivity (Wildman–Crippen MR) is 110 cm³/mol. The Labute approximate surface area is 159 Å². The van der Waals surface area contributed by atoms with Crippen LogP contribution in [0.3, 0.4) is 0 Å². The third-order valence-corrected chi connectivity index (χ3v) is 4.97. The molecule has 0 saturated carbocycles. The van der Waals surface area contributed by atoms with Crippen LogP contribution in [0.4, 0.5) is 5.82 Å². The van der Waals surface area contributed by atoms with Gasteiger partial charge >= 0.3 is 0 Å². The Kier molecular flexibility index (Phi) is 4.62. The highest BCUT2D eigenvalue weighted by molar-refractivity contribution is 5.81. The van der Waals surface area contributed by atoms with E-state index >= 15 is 0 Å². The van der Waals surface area contributed by atoms with Crippen LogP contribution in [0.15, 0.2) is 43.5 Å². The van der Waals surface area contributed by atoms with Crippen molar-refractivity contribution in [1.29, 1.82) is 0 Å². The van der Waals surface area contributed by atoms with Gasteiger partial charge in [0.2, 0.25) is 0 Å². The highest BCUT2D eigenvalue weighted by atomic mass is 15.3. The molecule has 1 aliphatic heterocycles. The molecule has 0 unspecified atom stereocenters. The van der Waals surface area contributed by atoms with Gasteiger partial charge in [0.1, 0.15) is 5.82 Å². The van der Waals surface area contributed by atoms with Crippen molar-refractivity contribution in [1.82, 2.24) is 24.5 Å². The van der Waals surface area contributed by atoms with E-state index in [9.17, 15) is 0 Å². The van der Waals surface area contributed by atoms with E-state index < -0.39 is 0 Å². The van der Waals surface area contributed by atoms with Gasteiger partial charge in [0.15, 0.2) is 0 Å². The van der Waals surface area contributed by atoms with Crippen LogP contribution in [0.5, 0.6) is 0 Å². The highest BCUT2D eigenvalue weighted by Crippen LogP contribution is 2.25. The van der Waals surface area contributed by atoms with Gasteiger partial charge in [-0.05, 0) is 37.5 Å². The molecule has 0 amide bonds. The molecule has 0 N–H and O–H groups in total. The number of pyridine rings is 1. The van der Waals surface area contributed by atoms with E-state index in [2.05, 4.69) is 45.7 Å². The van der Waals surface area contributed by atoms with Crippen molar-refractivity contribution in [2.24, 2.45) is 7.05 Å². The third-order valence-electron chi connectivity index (χ3n) is 4.97. The van der Waals surface area contributed by atoms with Crippen molar-refractivity contribution >= 4 is 23.5 Å². The van der Waals surface area contributed by atoms with Gasteiger partial charge in [-0.1, -0.05) is 12.7 Å². The number of hydrogen-bond donors (Lipinski definition) is 0. The third kappa shape index (κ3) is 3.43. The first-order valence-corrected chi connectivity index (χ1v) is 9.25. The van der Waals surface area contributed by atoms with E-state index in [0.717, 1.165) is 47.0 Å². The maximum Gasteiger partial charge on any atom is 0.130 e. The summed E-state index contributed by atoms with van der Waals surface area (Å²) in [7, 11) is 1.92. The molecule has 6 heteroatoms. The summed E-state index contributed by atoms with van der Waals surface area (Å²) in [4.78, 5) is 6.88. The maximum atomic E-state index is 4.61. The topological polar surface area (TPSA) is 51.8 Å². The predicted octanol–water partition coefficient (Wildman–Crippen LogP) is 3.80. The lowest BCUT2D eigenvalue weighted by Crippen LogP contribution is -2.19. The molecular formula is C21H24N6. The highest BCUT2D eigenvalue weighted by Gasteiger charge is 2.15. The Bertz CT molecular complexity index is 988. The Morgan fingerprint density at radius 3 is 2.70 bits per heavy atom. The van der Waals surface area contributed by atoms with Crippen molar-refractivity contribution in [2.45, 2.75) is 19.8 Å². The molecule has 138 valence electrons. The summed E-state index contributed by atoms with van der Waals surface area (Å²) < 4.78 is 3.77. The van der Waals surface area contributed by atoms with Crippen molar-refractivity contribution in [3.63, 3.8) is 0 Å². The second kappa shape index (κ2) is 7.23. The second-order valence-electron chi connectivity index (χ2n) is 6.90. The largest absolute Gasteiger partial charge is 0.357 e. The molecule has 0 bridgehead atoms. The molecule has 4 heterocycles. The molecule has 1 fully saturated rings. The molecule has 3 aromatic heterocycles. The van der Waals surface area contributed by atoms with Gasteiger partial charge in [-0.15, -0.1) is 0 Å². The number of anilines is 1. The lowest BCUT2D eigenvalue weighted by molar-refractivity contribution is 0.767. The van der Waals surface area contributed by atoms with E-state index in [-0.39, 0.29) is 0 Å². The van der Waals surface area contributed by atoms with E-state index in [1.807, 2.05) is 53.3 Å². The average molecular weight is 360 g/mol. The number of rotatable bonds is 5. The van der Waals surface area contributed by atoms with Crippen LogP contribution >= 0.6 is 0 Å². The molecule has 0 spiro atoms. The summed E-state index contributed by atoms with van der Waals surface area (Å²) in [6, 6.07) is 4.11. The SMILES string of the molecule is C=Cc1cnn(-c2ccnc(N3CCCC3)c2)c1/C=C(\C)c1cnn(C)c1. The van der Waals surface area contributed by atoms with Gasteiger partial charge in [0.25, 0.3) is 0 Å². The number of aryl methyl sites for hydroxylation is 1. The number of allylic oxidation sites excluding steroid dienone is 1. The maximum absolute atomic E-state index is 4.61. The molecule has 0 radical (unpaired) electrons. The molecule has 27 heavy (non-hydrogen) atoms. The molecule has 1 saturated heterocycles. The Balaban J connectivity index is 1.75. The monoisotopic (exact) mass is 360 g/mol. The van der Waals surface area contributed by atoms with Crippen LogP contribution < -0.4 is 4.90 Å². The van der Waals surface area contributed by atoms with E-state index in [1.54, 1.807) is 0 Å². The number of nitrogens with zero attached hydrogens (tertiary/aromatic N) is 6. The normalized spacial score (nSPS) is 14.7. The lowest BCUT2D eigenvalue weighted by atomic mass is 10.1. The van der Waals surface area contributed by atoms with Gasteiger partial charge in [0, 0.05) is 49.7 Å². The van der Waals surface area contributed by atoms with Gasteiger partial charge in [-0.3, -0.25) is 4.68 Å². The fourth-order valence-electron chi connectivity index (χ4n) is 3.45. The average Bonchev–Trinajstić information content (AvgIpc) is 3.42. The molecule has 3 aromatic rings. The number of hydrogen-bond acceptors (Lipinski definition) is 4. The van der Waals surface area contributed by atoms with E-state index in [0.29, 0.717) is 0 Å². The Hall–Kier alpha value is -3.15. The Morgan fingerprint density at radius 1 is 1.19 bits per heavy atom.